The van der Waals surface area contributed by atoms with E-state index in [9.17, 15) is 9.59 Å². The van der Waals surface area contributed by atoms with Crippen LogP contribution in [0.15, 0.2) is 81.1 Å². The fraction of sp³-hybridized carbons (Fsp3) is 0.0417. The second kappa shape index (κ2) is 10.7. The summed E-state index contributed by atoms with van der Waals surface area (Å²) in [4.78, 5) is 31.1. The molecule has 6 nitrogen and oxygen atoms in total. The van der Waals surface area contributed by atoms with Crippen LogP contribution in [0.5, 0.6) is 5.75 Å². The molecule has 1 saturated heterocycles. The van der Waals surface area contributed by atoms with E-state index in [1.807, 2.05) is 0 Å². The van der Waals surface area contributed by atoms with Crippen molar-refractivity contribution < 1.29 is 14.3 Å². The zero-order valence-electron chi connectivity index (χ0n) is 17.4. The van der Waals surface area contributed by atoms with Crippen molar-refractivity contribution in [3.63, 3.8) is 0 Å². The van der Waals surface area contributed by atoms with Gasteiger partial charge in [-0.3, -0.25) is 14.5 Å². The summed E-state index contributed by atoms with van der Waals surface area (Å²) in [6, 6.07) is 19.3. The molecule has 172 valence electrons. The highest BCUT2D eigenvalue weighted by molar-refractivity contribution is 9.10. The number of halogens is 3. The van der Waals surface area contributed by atoms with Crippen LogP contribution >= 0.6 is 50.9 Å². The van der Waals surface area contributed by atoms with Crippen LogP contribution in [0, 0.1) is 0 Å². The lowest BCUT2D eigenvalue weighted by molar-refractivity contribution is -0.120. The lowest BCUT2D eigenvalue weighted by atomic mass is 10.2. The predicted octanol–water partition coefficient (Wildman–Crippen LogP) is 6.43. The summed E-state index contributed by atoms with van der Waals surface area (Å²) in [7, 11) is 0. The highest BCUT2D eigenvalue weighted by atomic mass is 79.9. The monoisotopic (exact) mass is 575 g/mol. The Labute approximate surface area is 218 Å². The number of thioether (sulfide) groups is 1. The van der Waals surface area contributed by atoms with E-state index in [1.54, 1.807) is 77.7 Å². The maximum absolute atomic E-state index is 13.4. The van der Waals surface area contributed by atoms with Crippen molar-refractivity contribution >= 4 is 85.3 Å². The Morgan fingerprint density at radius 3 is 2.32 bits per heavy atom. The molecule has 10 heteroatoms. The number of hydrogen-bond donors (Lipinski definition) is 1. The first kappa shape index (κ1) is 24.3. The molecule has 0 radical (unpaired) electrons. The first-order valence-corrected chi connectivity index (χ1v) is 12.2. The third-order valence-electron chi connectivity index (χ3n) is 4.57. The number of ether oxygens (including phenoxy) is 1. The third-order valence-corrected chi connectivity index (χ3v) is 6.66. The number of primary amides is 1. The molecule has 2 N–H and O–H groups in total. The van der Waals surface area contributed by atoms with Crippen molar-refractivity contribution in [2.45, 2.75) is 0 Å². The van der Waals surface area contributed by atoms with Crippen molar-refractivity contribution in [2.75, 3.05) is 11.5 Å². The average molecular weight is 577 g/mol. The van der Waals surface area contributed by atoms with Gasteiger partial charge >= 0.3 is 0 Å². The van der Waals surface area contributed by atoms with Gasteiger partial charge in [0.05, 0.1) is 20.8 Å². The standard InChI is InChI=1S/C24H16BrCl2N3O3S/c25-19-11-14(1-10-20(19)33-13-22(28)31)12-21-23(32)30(18-8-4-16(27)5-9-18)24(34-21)29-17-6-2-15(26)3-7-17/h1-12H,13H2,(H2,28,31)/b21-12-,29-24?. The number of carbonyl (C=O) groups excluding carboxylic acids is 2. The number of nitrogens with two attached hydrogens (primary N) is 1. The number of aliphatic imine (C=N–C) groups is 1. The van der Waals surface area contributed by atoms with Crippen LogP contribution in [-0.2, 0) is 9.59 Å². The van der Waals surface area contributed by atoms with E-state index in [1.165, 1.54) is 11.8 Å². The van der Waals surface area contributed by atoms with Gasteiger partial charge in [0.15, 0.2) is 11.8 Å². The quantitative estimate of drug-likeness (QED) is 0.343. The van der Waals surface area contributed by atoms with Gasteiger partial charge in [-0.25, -0.2) is 4.99 Å². The highest BCUT2D eigenvalue weighted by Crippen LogP contribution is 2.38. The minimum atomic E-state index is -0.569. The summed E-state index contributed by atoms with van der Waals surface area (Å²) in [6.07, 6.45) is 1.77. The Morgan fingerprint density at radius 2 is 1.71 bits per heavy atom. The fourth-order valence-electron chi connectivity index (χ4n) is 3.02. The number of benzene rings is 3. The van der Waals surface area contributed by atoms with E-state index in [-0.39, 0.29) is 12.5 Å². The van der Waals surface area contributed by atoms with Crippen LogP contribution in [0.25, 0.3) is 6.08 Å². The Hall–Kier alpha value is -2.78. The molecule has 0 atom stereocenters. The lowest BCUT2D eigenvalue weighted by Crippen LogP contribution is -2.28. The molecule has 0 saturated carbocycles. The number of anilines is 1. The van der Waals surface area contributed by atoms with Gasteiger partial charge in [-0.1, -0.05) is 29.3 Å². The average Bonchev–Trinajstić information content (AvgIpc) is 3.10. The molecule has 34 heavy (non-hydrogen) atoms. The maximum Gasteiger partial charge on any atom is 0.271 e. The Bertz CT molecular complexity index is 1310. The van der Waals surface area contributed by atoms with Crippen LogP contribution in [-0.4, -0.2) is 23.6 Å². The second-order valence-corrected chi connectivity index (χ2v) is 9.78. The number of amidine groups is 1. The molecule has 1 aliphatic rings. The first-order valence-electron chi connectivity index (χ1n) is 9.84. The minimum Gasteiger partial charge on any atom is -0.483 e. The molecule has 0 aromatic heterocycles. The SMILES string of the molecule is NC(=O)COc1ccc(/C=C2\SC(=Nc3ccc(Cl)cc3)N(c3ccc(Cl)cc3)C2=O)cc1Br. The van der Waals surface area contributed by atoms with E-state index < -0.39 is 5.91 Å². The molecule has 4 rings (SSSR count). The summed E-state index contributed by atoms with van der Waals surface area (Å²) in [5, 5.41) is 1.67. The van der Waals surface area contributed by atoms with Gasteiger partial charge in [0.1, 0.15) is 5.75 Å². The zero-order chi connectivity index (χ0) is 24.2. The Kier molecular flexibility index (Phi) is 7.63. The summed E-state index contributed by atoms with van der Waals surface area (Å²) in [5.74, 6) is -0.315. The van der Waals surface area contributed by atoms with Crippen LogP contribution in [0.1, 0.15) is 5.56 Å². The first-order chi connectivity index (χ1) is 16.3. The highest BCUT2D eigenvalue weighted by Gasteiger charge is 2.34. The van der Waals surface area contributed by atoms with Crippen LogP contribution in [0.3, 0.4) is 0 Å². The molecule has 0 aliphatic carbocycles. The van der Waals surface area contributed by atoms with E-state index in [4.69, 9.17) is 33.7 Å². The lowest BCUT2D eigenvalue weighted by Gasteiger charge is -2.15. The van der Waals surface area contributed by atoms with Crippen LogP contribution < -0.4 is 15.4 Å². The third kappa shape index (κ3) is 5.82. The molecular formula is C24H16BrCl2N3O3S. The molecule has 0 unspecified atom stereocenters. The van der Waals surface area contributed by atoms with Crippen molar-refractivity contribution in [1.82, 2.24) is 0 Å². The number of carbonyl (C=O) groups is 2. The van der Waals surface area contributed by atoms with Crippen molar-refractivity contribution in [3.8, 4) is 5.75 Å². The number of hydrogen-bond acceptors (Lipinski definition) is 5. The smallest absolute Gasteiger partial charge is 0.271 e. The zero-order valence-corrected chi connectivity index (χ0v) is 21.3. The van der Waals surface area contributed by atoms with Crippen LogP contribution in [0.4, 0.5) is 11.4 Å². The molecule has 1 heterocycles. The van der Waals surface area contributed by atoms with E-state index in [2.05, 4.69) is 20.9 Å². The normalized spacial score (nSPS) is 15.9. The molecule has 3 aromatic rings. The predicted molar refractivity (Wildman–Crippen MR) is 142 cm³/mol. The second-order valence-electron chi connectivity index (χ2n) is 7.04. The van der Waals surface area contributed by atoms with Gasteiger partial charge < -0.3 is 10.5 Å². The van der Waals surface area contributed by atoms with Gasteiger partial charge in [0, 0.05) is 10.0 Å². The maximum atomic E-state index is 13.4. The Morgan fingerprint density at radius 1 is 1.06 bits per heavy atom. The molecule has 0 spiro atoms. The summed E-state index contributed by atoms with van der Waals surface area (Å²) in [5.41, 5.74) is 7.21. The van der Waals surface area contributed by atoms with E-state index >= 15 is 0 Å². The van der Waals surface area contributed by atoms with Gasteiger partial charge in [-0.05, 0) is 100.0 Å². The minimum absolute atomic E-state index is 0.217. The van der Waals surface area contributed by atoms with Gasteiger partial charge in [-0.15, -0.1) is 0 Å². The summed E-state index contributed by atoms with van der Waals surface area (Å²) >= 11 is 16.7. The molecule has 2 amide bonds. The summed E-state index contributed by atoms with van der Waals surface area (Å²) < 4.78 is 5.99. The van der Waals surface area contributed by atoms with E-state index in [0.717, 1.165) is 5.56 Å². The number of amides is 2. The van der Waals surface area contributed by atoms with Crippen molar-refractivity contribution in [1.29, 1.82) is 0 Å². The van der Waals surface area contributed by atoms with E-state index in [0.29, 0.717) is 41.7 Å². The van der Waals surface area contributed by atoms with Gasteiger partial charge in [-0.2, -0.15) is 0 Å². The molecular weight excluding hydrogens is 561 g/mol. The van der Waals surface area contributed by atoms with Gasteiger partial charge in [0.25, 0.3) is 11.8 Å². The topological polar surface area (TPSA) is 85.0 Å². The molecule has 1 fully saturated rings. The van der Waals surface area contributed by atoms with Crippen LogP contribution in [0.2, 0.25) is 10.0 Å². The van der Waals surface area contributed by atoms with Gasteiger partial charge in [0.2, 0.25) is 0 Å². The molecule has 3 aromatic carbocycles. The Balaban J connectivity index is 1.68. The molecule has 0 bridgehead atoms. The number of nitrogens with zero attached hydrogens (tertiary/aromatic N) is 2. The largest absolute Gasteiger partial charge is 0.483 e. The van der Waals surface area contributed by atoms with Crippen molar-refractivity contribution in [3.05, 3.63) is 91.7 Å². The van der Waals surface area contributed by atoms with Crippen molar-refractivity contribution in [2.24, 2.45) is 10.7 Å². The number of rotatable bonds is 6. The molecule has 1 aliphatic heterocycles. The fourth-order valence-corrected chi connectivity index (χ4v) is 4.78. The summed E-state index contributed by atoms with van der Waals surface area (Å²) in [6.45, 7) is -0.228.